The van der Waals surface area contributed by atoms with Crippen LogP contribution in [0.5, 0.6) is 0 Å². The van der Waals surface area contributed by atoms with E-state index in [2.05, 4.69) is 50.3 Å². The summed E-state index contributed by atoms with van der Waals surface area (Å²) in [6.45, 7) is 12.4. The van der Waals surface area contributed by atoms with Gasteiger partial charge in [-0.1, -0.05) is 102 Å². The molecule has 0 spiro atoms. The predicted octanol–water partition coefficient (Wildman–Crippen LogP) is 7.08. The van der Waals surface area contributed by atoms with Gasteiger partial charge in [0.1, 0.15) is 18.3 Å². The second-order valence-electron chi connectivity index (χ2n) is 8.93. The Hall–Kier alpha value is 0.530. The molecule has 1 aliphatic heterocycles. The fraction of sp³-hybridized carbons (Fsp3) is 1.00. The highest BCUT2D eigenvalue weighted by Gasteiger charge is 2.46. The Morgan fingerprint density at radius 2 is 1.06 bits per heavy atom. The molecule has 32 heavy (non-hydrogen) atoms. The molecule has 0 aromatic rings. The Bertz CT molecular complexity index is 410. The Morgan fingerprint density at radius 3 is 1.59 bits per heavy atom. The van der Waals surface area contributed by atoms with Crippen molar-refractivity contribution in [3.05, 3.63) is 0 Å². The standard InChI is InChI=1S/C26H51IO5/c1-5-9-13-17-28-21-22-24(29-18-14-10-6-2)23(27)25(30-19-15-11-7-3)26(32-22)31-20-16-12-8-4/h22-26H,5-21H2,1-4H3/t22-,23-,24-,25-,26+/m1/s1. The van der Waals surface area contributed by atoms with Crippen LogP contribution >= 0.6 is 22.6 Å². The molecule has 0 radical (unpaired) electrons. The van der Waals surface area contributed by atoms with Crippen LogP contribution in [0.3, 0.4) is 0 Å². The first-order chi connectivity index (χ1) is 15.7. The maximum atomic E-state index is 6.48. The van der Waals surface area contributed by atoms with Gasteiger partial charge in [0.05, 0.1) is 10.5 Å². The topological polar surface area (TPSA) is 46.2 Å². The lowest BCUT2D eigenvalue weighted by atomic mass is 10.0. The van der Waals surface area contributed by atoms with Crippen molar-refractivity contribution < 1.29 is 23.7 Å². The summed E-state index contributed by atoms with van der Waals surface area (Å²) in [5.41, 5.74) is 0. The average Bonchev–Trinajstić information content (AvgIpc) is 2.79. The quantitative estimate of drug-likeness (QED) is 0.0839. The molecule has 0 aliphatic carbocycles. The highest BCUT2D eigenvalue weighted by atomic mass is 127. The van der Waals surface area contributed by atoms with Gasteiger partial charge < -0.3 is 23.7 Å². The van der Waals surface area contributed by atoms with Crippen molar-refractivity contribution in [1.82, 2.24) is 0 Å². The molecule has 0 aromatic heterocycles. The average molecular weight is 571 g/mol. The first-order valence-corrected chi connectivity index (χ1v) is 14.7. The van der Waals surface area contributed by atoms with E-state index in [1.807, 2.05) is 0 Å². The molecule has 1 fully saturated rings. The minimum atomic E-state index is -0.352. The van der Waals surface area contributed by atoms with E-state index >= 15 is 0 Å². The van der Waals surface area contributed by atoms with E-state index in [0.717, 1.165) is 45.5 Å². The lowest BCUT2D eigenvalue weighted by Gasteiger charge is -2.44. The largest absolute Gasteiger partial charge is 0.379 e. The van der Waals surface area contributed by atoms with E-state index in [9.17, 15) is 0 Å². The summed E-state index contributed by atoms with van der Waals surface area (Å²) in [6, 6.07) is 0. The number of rotatable bonds is 21. The first kappa shape index (κ1) is 30.6. The van der Waals surface area contributed by atoms with Gasteiger partial charge in [-0.15, -0.1) is 0 Å². The number of ether oxygens (including phenoxy) is 5. The van der Waals surface area contributed by atoms with Crippen LogP contribution in [0.15, 0.2) is 0 Å². The normalized spacial score (nSPS) is 26.0. The van der Waals surface area contributed by atoms with Gasteiger partial charge in [0.2, 0.25) is 0 Å². The van der Waals surface area contributed by atoms with Crippen LogP contribution in [-0.4, -0.2) is 61.6 Å². The van der Waals surface area contributed by atoms with Crippen LogP contribution in [0, 0.1) is 0 Å². The van der Waals surface area contributed by atoms with E-state index in [4.69, 9.17) is 23.7 Å². The van der Waals surface area contributed by atoms with Crippen molar-refractivity contribution in [3.8, 4) is 0 Å². The third-order valence-electron chi connectivity index (χ3n) is 5.89. The van der Waals surface area contributed by atoms with E-state index < -0.39 is 0 Å². The summed E-state index contributed by atoms with van der Waals surface area (Å²) in [7, 11) is 0. The number of alkyl halides is 1. The van der Waals surface area contributed by atoms with Gasteiger partial charge in [0.15, 0.2) is 6.29 Å². The summed E-state index contributed by atoms with van der Waals surface area (Å²) < 4.78 is 31.6. The fourth-order valence-electron chi connectivity index (χ4n) is 3.86. The van der Waals surface area contributed by atoms with Crippen LogP contribution in [0.1, 0.15) is 105 Å². The third kappa shape index (κ3) is 12.8. The summed E-state index contributed by atoms with van der Waals surface area (Å²) in [4.78, 5) is 0. The predicted molar refractivity (Wildman–Crippen MR) is 141 cm³/mol. The molecule has 0 N–H and O–H groups in total. The van der Waals surface area contributed by atoms with Crippen LogP contribution in [0.25, 0.3) is 0 Å². The minimum Gasteiger partial charge on any atom is -0.379 e. The van der Waals surface area contributed by atoms with Gasteiger partial charge in [-0.25, -0.2) is 0 Å². The molecule has 5 nitrogen and oxygen atoms in total. The molecule has 0 bridgehead atoms. The van der Waals surface area contributed by atoms with Gasteiger partial charge in [-0.2, -0.15) is 0 Å². The lowest BCUT2D eigenvalue weighted by Crippen LogP contribution is -2.59. The molecule has 1 rings (SSSR count). The van der Waals surface area contributed by atoms with Gasteiger partial charge in [-0.05, 0) is 25.7 Å². The monoisotopic (exact) mass is 570 g/mol. The molecular formula is C26H51IO5. The van der Waals surface area contributed by atoms with E-state index in [-0.39, 0.29) is 28.5 Å². The van der Waals surface area contributed by atoms with Gasteiger partial charge in [0.25, 0.3) is 0 Å². The van der Waals surface area contributed by atoms with Crippen molar-refractivity contribution >= 4 is 22.6 Å². The zero-order valence-corrected chi connectivity index (χ0v) is 23.5. The number of hydrogen-bond acceptors (Lipinski definition) is 5. The smallest absolute Gasteiger partial charge is 0.185 e. The third-order valence-corrected chi connectivity index (χ3v) is 7.31. The van der Waals surface area contributed by atoms with Gasteiger partial charge >= 0.3 is 0 Å². The van der Waals surface area contributed by atoms with Crippen molar-refractivity contribution in [2.75, 3.05) is 33.0 Å². The molecule has 1 aliphatic rings. The lowest BCUT2D eigenvalue weighted by molar-refractivity contribution is -0.282. The van der Waals surface area contributed by atoms with Crippen LogP contribution in [0.2, 0.25) is 0 Å². The Labute approximate surface area is 212 Å². The molecule has 0 aromatic carbocycles. The second kappa shape index (κ2) is 20.9. The second-order valence-corrected chi connectivity index (χ2v) is 10.4. The van der Waals surface area contributed by atoms with Crippen molar-refractivity contribution in [2.45, 2.75) is 133 Å². The molecule has 6 heteroatoms. The van der Waals surface area contributed by atoms with Crippen molar-refractivity contribution in [1.29, 1.82) is 0 Å². The van der Waals surface area contributed by atoms with Crippen LogP contribution in [-0.2, 0) is 23.7 Å². The highest BCUT2D eigenvalue weighted by Crippen LogP contribution is 2.32. The zero-order valence-electron chi connectivity index (χ0n) is 21.3. The molecule has 5 atom stereocenters. The minimum absolute atomic E-state index is 0.0368. The van der Waals surface area contributed by atoms with Crippen molar-refractivity contribution in [2.24, 2.45) is 0 Å². The van der Waals surface area contributed by atoms with Gasteiger partial charge in [-0.3, -0.25) is 0 Å². The van der Waals surface area contributed by atoms with Gasteiger partial charge in [0, 0.05) is 26.4 Å². The Balaban J connectivity index is 2.78. The SMILES string of the molecule is CCCCCOC[C@H]1O[C@H](OCCCCC)[C@H](OCCCCC)[C@H](I)[C@@H]1OCCCCC. The maximum Gasteiger partial charge on any atom is 0.185 e. The molecular weight excluding hydrogens is 519 g/mol. The molecule has 1 saturated heterocycles. The summed E-state index contributed by atoms with van der Waals surface area (Å²) in [6.07, 6.45) is 13.2. The van der Waals surface area contributed by atoms with Crippen molar-refractivity contribution in [3.63, 3.8) is 0 Å². The summed E-state index contributed by atoms with van der Waals surface area (Å²) in [5.74, 6) is 0. The van der Waals surface area contributed by atoms with E-state index in [1.165, 1.54) is 51.4 Å². The Kier molecular flexibility index (Phi) is 19.9. The molecule has 0 saturated carbocycles. The van der Waals surface area contributed by atoms with Crippen LogP contribution in [0.4, 0.5) is 0 Å². The molecule has 0 amide bonds. The highest BCUT2D eigenvalue weighted by molar-refractivity contribution is 14.1. The number of halogens is 1. The molecule has 0 unspecified atom stereocenters. The fourth-order valence-corrected chi connectivity index (χ4v) is 5.07. The summed E-state index contributed by atoms with van der Waals surface area (Å²) >= 11 is 2.51. The summed E-state index contributed by atoms with van der Waals surface area (Å²) in [5, 5.41) is 0. The molecule has 192 valence electrons. The Morgan fingerprint density at radius 1 is 0.594 bits per heavy atom. The maximum absolute atomic E-state index is 6.48. The first-order valence-electron chi connectivity index (χ1n) is 13.4. The van der Waals surface area contributed by atoms with E-state index in [0.29, 0.717) is 13.2 Å². The van der Waals surface area contributed by atoms with E-state index in [1.54, 1.807) is 0 Å². The molecule has 1 heterocycles. The number of hydrogen-bond donors (Lipinski definition) is 0. The van der Waals surface area contributed by atoms with Crippen LogP contribution < -0.4 is 0 Å². The zero-order chi connectivity index (χ0) is 23.4. The number of unbranched alkanes of at least 4 members (excludes halogenated alkanes) is 8.